The third-order valence-corrected chi connectivity index (χ3v) is 2.85. The Hall–Kier alpha value is -0.450. The standard InChI is InChI=1S/C10H13BrN2O/c11-10-3-1-2-8(12-10)6-13-5-4-9(14)7-13/h1-3,9,14H,4-7H2/t9-/m0/s1. The molecule has 1 N–H and O–H groups in total. The van der Waals surface area contributed by atoms with Crippen LogP contribution >= 0.6 is 15.9 Å². The van der Waals surface area contributed by atoms with E-state index in [1.54, 1.807) is 0 Å². The average molecular weight is 257 g/mol. The number of nitrogens with zero attached hydrogens (tertiary/aromatic N) is 2. The predicted molar refractivity (Wildman–Crippen MR) is 57.8 cm³/mol. The first kappa shape index (κ1) is 10.1. The Morgan fingerprint density at radius 2 is 2.43 bits per heavy atom. The molecule has 2 rings (SSSR count). The predicted octanol–water partition coefficient (Wildman–Crippen LogP) is 1.41. The van der Waals surface area contributed by atoms with Gasteiger partial charge in [-0.3, -0.25) is 4.90 Å². The molecule has 2 heterocycles. The van der Waals surface area contributed by atoms with Crippen LogP contribution in [0.2, 0.25) is 0 Å². The summed E-state index contributed by atoms with van der Waals surface area (Å²) < 4.78 is 0.870. The molecule has 0 aliphatic carbocycles. The summed E-state index contributed by atoms with van der Waals surface area (Å²) in [6.45, 7) is 2.57. The Bertz CT molecular complexity index is 319. The van der Waals surface area contributed by atoms with Gasteiger partial charge < -0.3 is 5.11 Å². The van der Waals surface area contributed by atoms with Crippen LogP contribution in [0.1, 0.15) is 12.1 Å². The maximum atomic E-state index is 9.36. The molecule has 0 aromatic carbocycles. The van der Waals surface area contributed by atoms with Crippen molar-refractivity contribution in [1.82, 2.24) is 9.88 Å². The molecule has 76 valence electrons. The fourth-order valence-corrected chi connectivity index (χ4v) is 2.10. The second-order valence-electron chi connectivity index (χ2n) is 3.63. The minimum absolute atomic E-state index is 0.151. The van der Waals surface area contributed by atoms with E-state index in [4.69, 9.17) is 0 Å². The lowest BCUT2D eigenvalue weighted by molar-refractivity contribution is 0.174. The van der Waals surface area contributed by atoms with Crippen LogP contribution in [0.5, 0.6) is 0 Å². The Labute approximate surface area is 91.9 Å². The minimum atomic E-state index is -0.151. The summed E-state index contributed by atoms with van der Waals surface area (Å²) in [6.07, 6.45) is 0.732. The molecule has 14 heavy (non-hydrogen) atoms. The quantitative estimate of drug-likeness (QED) is 0.814. The largest absolute Gasteiger partial charge is 0.392 e. The highest BCUT2D eigenvalue weighted by molar-refractivity contribution is 9.10. The van der Waals surface area contributed by atoms with Crippen LogP contribution in [-0.2, 0) is 6.54 Å². The van der Waals surface area contributed by atoms with Gasteiger partial charge in [-0.1, -0.05) is 6.07 Å². The Kier molecular flexibility index (Phi) is 3.15. The topological polar surface area (TPSA) is 36.4 Å². The first-order chi connectivity index (χ1) is 6.74. The van der Waals surface area contributed by atoms with Gasteiger partial charge in [0, 0.05) is 19.6 Å². The normalized spacial score (nSPS) is 22.9. The van der Waals surface area contributed by atoms with Crippen molar-refractivity contribution in [2.24, 2.45) is 0 Å². The summed E-state index contributed by atoms with van der Waals surface area (Å²) in [5.41, 5.74) is 1.05. The SMILES string of the molecule is O[C@H]1CCN(Cc2cccc(Br)n2)C1. The third-order valence-electron chi connectivity index (χ3n) is 2.41. The van der Waals surface area contributed by atoms with Gasteiger partial charge in [0.1, 0.15) is 4.60 Å². The van der Waals surface area contributed by atoms with Crippen molar-refractivity contribution in [2.45, 2.75) is 19.1 Å². The second kappa shape index (κ2) is 4.38. The molecule has 0 radical (unpaired) electrons. The summed E-state index contributed by atoms with van der Waals surface area (Å²) in [5, 5.41) is 9.36. The van der Waals surface area contributed by atoms with Gasteiger partial charge in [0.2, 0.25) is 0 Å². The van der Waals surface area contributed by atoms with E-state index in [-0.39, 0.29) is 6.10 Å². The van der Waals surface area contributed by atoms with Crippen LogP contribution < -0.4 is 0 Å². The molecule has 0 saturated carbocycles. The van der Waals surface area contributed by atoms with E-state index in [0.717, 1.165) is 36.4 Å². The van der Waals surface area contributed by atoms with Gasteiger partial charge in [-0.2, -0.15) is 0 Å². The van der Waals surface area contributed by atoms with Crippen molar-refractivity contribution in [3.8, 4) is 0 Å². The zero-order chi connectivity index (χ0) is 9.97. The molecule has 0 spiro atoms. The number of aromatic nitrogens is 1. The van der Waals surface area contributed by atoms with Crippen molar-refractivity contribution in [1.29, 1.82) is 0 Å². The van der Waals surface area contributed by atoms with E-state index < -0.39 is 0 Å². The number of halogens is 1. The lowest BCUT2D eigenvalue weighted by Gasteiger charge is -2.13. The van der Waals surface area contributed by atoms with E-state index in [9.17, 15) is 5.11 Å². The number of likely N-dealkylation sites (tertiary alicyclic amines) is 1. The van der Waals surface area contributed by atoms with E-state index in [2.05, 4.69) is 25.8 Å². The zero-order valence-electron chi connectivity index (χ0n) is 7.86. The molecule has 0 bridgehead atoms. The van der Waals surface area contributed by atoms with Gasteiger partial charge in [-0.15, -0.1) is 0 Å². The van der Waals surface area contributed by atoms with E-state index in [0.29, 0.717) is 0 Å². The summed E-state index contributed by atoms with van der Waals surface area (Å²) in [5.74, 6) is 0. The van der Waals surface area contributed by atoms with Crippen molar-refractivity contribution < 1.29 is 5.11 Å². The highest BCUT2D eigenvalue weighted by Crippen LogP contribution is 2.13. The summed E-state index contributed by atoms with van der Waals surface area (Å²) >= 11 is 3.34. The second-order valence-corrected chi connectivity index (χ2v) is 4.44. The lowest BCUT2D eigenvalue weighted by atomic mass is 10.3. The monoisotopic (exact) mass is 256 g/mol. The van der Waals surface area contributed by atoms with Crippen LogP contribution in [0.4, 0.5) is 0 Å². The van der Waals surface area contributed by atoms with Crippen LogP contribution in [0, 0.1) is 0 Å². The minimum Gasteiger partial charge on any atom is -0.392 e. The van der Waals surface area contributed by atoms with Crippen LogP contribution in [0.25, 0.3) is 0 Å². The number of aliphatic hydroxyl groups excluding tert-OH is 1. The summed E-state index contributed by atoms with van der Waals surface area (Å²) in [6, 6.07) is 5.91. The maximum absolute atomic E-state index is 9.36. The summed E-state index contributed by atoms with van der Waals surface area (Å²) in [4.78, 5) is 6.58. The molecule has 1 fully saturated rings. The highest BCUT2D eigenvalue weighted by Gasteiger charge is 2.20. The number of hydrogen-bond donors (Lipinski definition) is 1. The van der Waals surface area contributed by atoms with Crippen LogP contribution in [0.15, 0.2) is 22.8 Å². The van der Waals surface area contributed by atoms with E-state index in [1.807, 2.05) is 18.2 Å². The molecule has 1 atom stereocenters. The van der Waals surface area contributed by atoms with Gasteiger partial charge in [0.15, 0.2) is 0 Å². The maximum Gasteiger partial charge on any atom is 0.106 e. The van der Waals surface area contributed by atoms with Gasteiger partial charge in [-0.25, -0.2) is 4.98 Å². The summed E-state index contributed by atoms with van der Waals surface area (Å²) in [7, 11) is 0. The van der Waals surface area contributed by atoms with Crippen molar-refractivity contribution in [2.75, 3.05) is 13.1 Å². The molecular weight excluding hydrogens is 244 g/mol. The van der Waals surface area contributed by atoms with E-state index in [1.165, 1.54) is 0 Å². The fourth-order valence-electron chi connectivity index (χ4n) is 1.72. The van der Waals surface area contributed by atoms with Crippen LogP contribution in [-0.4, -0.2) is 34.2 Å². The average Bonchev–Trinajstić information content (AvgIpc) is 2.51. The Balaban J connectivity index is 1.97. The van der Waals surface area contributed by atoms with Gasteiger partial charge in [0.05, 0.1) is 11.8 Å². The third kappa shape index (κ3) is 2.53. The van der Waals surface area contributed by atoms with Gasteiger partial charge in [-0.05, 0) is 34.5 Å². The number of aliphatic hydroxyl groups is 1. The fraction of sp³-hybridized carbons (Fsp3) is 0.500. The number of pyridine rings is 1. The molecule has 1 saturated heterocycles. The molecule has 1 aliphatic rings. The van der Waals surface area contributed by atoms with Crippen molar-refractivity contribution in [3.05, 3.63) is 28.5 Å². The molecule has 1 aliphatic heterocycles. The van der Waals surface area contributed by atoms with Crippen LogP contribution in [0.3, 0.4) is 0 Å². The van der Waals surface area contributed by atoms with E-state index >= 15 is 0 Å². The first-order valence-electron chi connectivity index (χ1n) is 4.76. The smallest absolute Gasteiger partial charge is 0.106 e. The zero-order valence-corrected chi connectivity index (χ0v) is 9.44. The molecule has 1 aromatic heterocycles. The molecule has 3 nitrogen and oxygen atoms in total. The highest BCUT2D eigenvalue weighted by atomic mass is 79.9. The number of hydrogen-bond acceptors (Lipinski definition) is 3. The molecule has 0 amide bonds. The van der Waals surface area contributed by atoms with Crippen molar-refractivity contribution in [3.63, 3.8) is 0 Å². The molecular formula is C10H13BrN2O. The number of rotatable bonds is 2. The molecule has 0 unspecified atom stereocenters. The first-order valence-corrected chi connectivity index (χ1v) is 5.55. The lowest BCUT2D eigenvalue weighted by Crippen LogP contribution is -2.21. The number of β-amino-alcohol motifs (C(OH)–C–C–N with tert-alkyl or cyclic N) is 1. The Morgan fingerprint density at radius 1 is 1.57 bits per heavy atom. The molecule has 4 heteroatoms. The van der Waals surface area contributed by atoms with Gasteiger partial charge >= 0.3 is 0 Å². The van der Waals surface area contributed by atoms with Crippen molar-refractivity contribution >= 4 is 15.9 Å². The van der Waals surface area contributed by atoms with Gasteiger partial charge in [0.25, 0.3) is 0 Å². The molecule has 1 aromatic rings. The Morgan fingerprint density at radius 3 is 3.07 bits per heavy atom.